The maximum Gasteiger partial charge on any atom is 0.309 e. The Labute approximate surface area is 139 Å². The van der Waals surface area contributed by atoms with Crippen LogP contribution in [0.5, 0.6) is 0 Å². The Morgan fingerprint density at radius 3 is 2.39 bits per heavy atom. The van der Waals surface area contributed by atoms with Gasteiger partial charge in [0.05, 0.1) is 11.5 Å². The van der Waals surface area contributed by atoms with Crippen LogP contribution >= 0.6 is 0 Å². The van der Waals surface area contributed by atoms with Gasteiger partial charge in [-0.15, -0.1) is 0 Å². The van der Waals surface area contributed by atoms with Crippen molar-refractivity contribution in [3.63, 3.8) is 0 Å². The predicted octanol–water partition coefficient (Wildman–Crippen LogP) is 4.23. The number of carbonyl (C=O) groups is 1. The first kappa shape index (κ1) is 15.9. The zero-order chi connectivity index (χ0) is 16.7. The summed E-state index contributed by atoms with van der Waals surface area (Å²) in [7, 11) is 0. The molecule has 3 nitrogen and oxygen atoms in total. The van der Waals surface area contributed by atoms with Crippen molar-refractivity contribution in [1.29, 1.82) is 0 Å². The summed E-state index contributed by atoms with van der Waals surface area (Å²) in [6, 6.07) is 0. The van der Waals surface area contributed by atoms with E-state index in [4.69, 9.17) is 0 Å². The lowest BCUT2D eigenvalue weighted by atomic mass is 9.40. The second-order valence-corrected chi connectivity index (χ2v) is 10.2. The lowest BCUT2D eigenvalue weighted by molar-refractivity contribution is -0.182. The van der Waals surface area contributed by atoms with Crippen LogP contribution in [0.15, 0.2) is 0 Å². The standard InChI is InChI=1S/C20H32O3/c1-17-9-5-14-18(2)7-4-8-19(3,16(22)23)13(18)6-10-20(14,12-17)11-15(17)21/h13-15,21H,4-12H2,1-3H3,(H,22,23)/t13-,14+,15-,17-,18+,19+,20-/m0/s1. The fourth-order valence-corrected chi connectivity index (χ4v) is 7.99. The van der Waals surface area contributed by atoms with Gasteiger partial charge in [-0.3, -0.25) is 4.79 Å². The highest BCUT2D eigenvalue weighted by Gasteiger charge is 2.67. The van der Waals surface area contributed by atoms with Crippen molar-refractivity contribution in [1.82, 2.24) is 0 Å². The number of rotatable bonds is 1. The molecule has 130 valence electrons. The molecule has 4 saturated carbocycles. The summed E-state index contributed by atoms with van der Waals surface area (Å²) in [4.78, 5) is 12.1. The number of carboxylic acids is 1. The molecular formula is C20H32O3. The zero-order valence-electron chi connectivity index (χ0n) is 14.9. The first-order valence-electron chi connectivity index (χ1n) is 9.58. The van der Waals surface area contributed by atoms with E-state index in [0.29, 0.717) is 11.8 Å². The quantitative estimate of drug-likeness (QED) is 0.760. The van der Waals surface area contributed by atoms with Gasteiger partial charge in [-0.25, -0.2) is 0 Å². The third kappa shape index (κ3) is 1.83. The molecule has 4 aliphatic carbocycles. The Morgan fingerprint density at radius 1 is 1.00 bits per heavy atom. The van der Waals surface area contributed by atoms with Gasteiger partial charge in [0, 0.05) is 0 Å². The average Bonchev–Trinajstić information content (AvgIpc) is 2.63. The summed E-state index contributed by atoms with van der Waals surface area (Å²) in [5.41, 5.74) is 0.000491. The molecule has 0 heterocycles. The van der Waals surface area contributed by atoms with Crippen LogP contribution in [0.1, 0.15) is 78.6 Å². The second kappa shape index (κ2) is 4.53. The molecule has 7 atom stereocenters. The molecule has 4 aliphatic rings. The van der Waals surface area contributed by atoms with Gasteiger partial charge in [0.15, 0.2) is 0 Å². The predicted molar refractivity (Wildman–Crippen MR) is 88.9 cm³/mol. The molecule has 2 bridgehead atoms. The molecule has 1 spiro atoms. The molecule has 0 amide bonds. The minimum absolute atomic E-state index is 0.116. The minimum atomic E-state index is -0.587. The van der Waals surface area contributed by atoms with Crippen molar-refractivity contribution in [2.24, 2.45) is 33.5 Å². The average molecular weight is 320 g/mol. The first-order valence-corrected chi connectivity index (χ1v) is 9.58. The monoisotopic (exact) mass is 320 g/mol. The Hall–Kier alpha value is -0.570. The van der Waals surface area contributed by atoms with Gasteiger partial charge in [0.2, 0.25) is 0 Å². The summed E-state index contributed by atoms with van der Waals surface area (Å²) in [6.07, 6.45) is 9.51. The number of hydrogen-bond acceptors (Lipinski definition) is 2. The molecule has 0 saturated heterocycles. The Morgan fingerprint density at radius 2 is 1.70 bits per heavy atom. The van der Waals surface area contributed by atoms with Crippen LogP contribution in [-0.4, -0.2) is 22.3 Å². The van der Waals surface area contributed by atoms with E-state index in [9.17, 15) is 15.0 Å². The van der Waals surface area contributed by atoms with Crippen molar-refractivity contribution in [2.45, 2.75) is 84.7 Å². The minimum Gasteiger partial charge on any atom is -0.481 e. The molecule has 23 heavy (non-hydrogen) atoms. The van der Waals surface area contributed by atoms with E-state index < -0.39 is 11.4 Å². The fraction of sp³-hybridized carbons (Fsp3) is 0.950. The van der Waals surface area contributed by atoms with E-state index in [0.717, 1.165) is 44.9 Å². The molecular weight excluding hydrogens is 288 g/mol. The van der Waals surface area contributed by atoms with E-state index in [1.54, 1.807) is 0 Å². The fourth-order valence-electron chi connectivity index (χ4n) is 7.99. The number of aliphatic hydroxyl groups excluding tert-OH is 1. The van der Waals surface area contributed by atoms with Crippen LogP contribution in [0.4, 0.5) is 0 Å². The van der Waals surface area contributed by atoms with Crippen molar-refractivity contribution in [3.8, 4) is 0 Å². The van der Waals surface area contributed by atoms with Gasteiger partial charge in [-0.05, 0) is 86.4 Å². The SMILES string of the molecule is C[C@@]12CC[C@H]3[C@@](CC[C@H]4[C@@]3(C)CCC[C@@]4(C)C(=O)O)(C[C@@H]1O)C2. The number of fused-ring (bicyclic) bond motifs is 3. The number of aliphatic carboxylic acids is 1. The normalized spacial score (nSPS) is 58.3. The molecule has 3 heteroatoms. The molecule has 4 fully saturated rings. The van der Waals surface area contributed by atoms with Crippen molar-refractivity contribution in [3.05, 3.63) is 0 Å². The maximum atomic E-state index is 12.1. The highest BCUT2D eigenvalue weighted by atomic mass is 16.4. The van der Waals surface area contributed by atoms with Crippen LogP contribution in [0.25, 0.3) is 0 Å². The van der Waals surface area contributed by atoms with Crippen LogP contribution in [0.2, 0.25) is 0 Å². The molecule has 0 unspecified atom stereocenters. The summed E-state index contributed by atoms with van der Waals surface area (Å²) < 4.78 is 0. The van der Waals surface area contributed by atoms with Crippen molar-refractivity contribution >= 4 is 5.97 Å². The maximum absolute atomic E-state index is 12.1. The van der Waals surface area contributed by atoms with Crippen molar-refractivity contribution < 1.29 is 15.0 Å². The summed E-state index contributed by atoms with van der Waals surface area (Å²) >= 11 is 0. The number of hydrogen-bond donors (Lipinski definition) is 2. The lowest BCUT2D eigenvalue weighted by Gasteiger charge is -2.63. The first-order chi connectivity index (χ1) is 10.7. The molecule has 0 aliphatic heterocycles. The highest BCUT2D eigenvalue weighted by molar-refractivity contribution is 5.75. The molecule has 0 aromatic heterocycles. The molecule has 2 N–H and O–H groups in total. The Bertz CT molecular complexity index is 545. The van der Waals surface area contributed by atoms with Gasteiger partial charge in [-0.1, -0.05) is 20.3 Å². The summed E-state index contributed by atoms with van der Waals surface area (Å²) in [5, 5.41) is 20.6. The van der Waals surface area contributed by atoms with Gasteiger partial charge in [0.25, 0.3) is 0 Å². The van der Waals surface area contributed by atoms with Crippen LogP contribution in [-0.2, 0) is 4.79 Å². The van der Waals surface area contributed by atoms with Crippen LogP contribution < -0.4 is 0 Å². The van der Waals surface area contributed by atoms with Gasteiger partial charge < -0.3 is 10.2 Å². The van der Waals surface area contributed by atoms with Gasteiger partial charge >= 0.3 is 5.97 Å². The topological polar surface area (TPSA) is 57.5 Å². The Kier molecular flexibility index (Phi) is 3.14. The Balaban J connectivity index is 1.74. The van der Waals surface area contributed by atoms with E-state index in [1.165, 1.54) is 12.8 Å². The van der Waals surface area contributed by atoms with E-state index >= 15 is 0 Å². The highest BCUT2D eigenvalue weighted by Crippen LogP contribution is 2.73. The zero-order valence-corrected chi connectivity index (χ0v) is 14.9. The largest absolute Gasteiger partial charge is 0.481 e. The van der Waals surface area contributed by atoms with E-state index in [2.05, 4.69) is 13.8 Å². The summed E-state index contributed by atoms with van der Waals surface area (Å²) in [5.74, 6) is 0.327. The summed E-state index contributed by atoms with van der Waals surface area (Å²) in [6.45, 7) is 6.68. The second-order valence-electron chi connectivity index (χ2n) is 10.2. The third-order valence-corrected chi connectivity index (χ3v) is 9.10. The van der Waals surface area contributed by atoms with Crippen LogP contribution in [0.3, 0.4) is 0 Å². The molecule has 4 rings (SSSR count). The lowest BCUT2D eigenvalue weighted by Crippen LogP contribution is -2.58. The van der Waals surface area contributed by atoms with Crippen LogP contribution in [0, 0.1) is 33.5 Å². The van der Waals surface area contributed by atoms with Gasteiger partial charge in [0.1, 0.15) is 0 Å². The molecule has 0 aromatic rings. The number of aliphatic hydroxyl groups is 1. The third-order valence-electron chi connectivity index (χ3n) is 9.10. The van der Waals surface area contributed by atoms with Gasteiger partial charge in [-0.2, -0.15) is 0 Å². The van der Waals surface area contributed by atoms with Crippen molar-refractivity contribution in [2.75, 3.05) is 0 Å². The smallest absolute Gasteiger partial charge is 0.309 e. The molecule has 0 aromatic carbocycles. The van der Waals surface area contributed by atoms with E-state index in [1.807, 2.05) is 6.92 Å². The van der Waals surface area contributed by atoms with E-state index in [-0.39, 0.29) is 22.3 Å². The number of carboxylic acid groups (broad SMARTS) is 1. The molecule has 0 radical (unpaired) electrons.